The molecule has 0 spiro atoms. The second-order valence-electron chi connectivity index (χ2n) is 8.23. The molecule has 170 valence electrons. The number of aromatic nitrogens is 1. The predicted octanol–water partition coefficient (Wildman–Crippen LogP) is 6.87. The van der Waals surface area contributed by atoms with Crippen molar-refractivity contribution >= 4 is 28.4 Å². The highest BCUT2D eigenvalue weighted by Crippen LogP contribution is 2.36. The van der Waals surface area contributed by atoms with E-state index >= 15 is 0 Å². The third kappa shape index (κ3) is 5.12. The zero-order chi connectivity index (χ0) is 23.4. The van der Waals surface area contributed by atoms with Crippen LogP contribution in [-0.2, 0) is 11.3 Å². The van der Waals surface area contributed by atoms with Crippen molar-refractivity contribution in [2.24, 2.45) is 0 Å². The molecular formula is C28H28ClFN2O. The Bertz CT molecular complexity index is 1240. The molecule has 0 aliphatic heterocycles. The number of carbonyl (C=O) groups is 1. The summed E-state index contributed by atoms with van der Waals surface area (Å²) in [6.45, 7) is 6.00. The molecule has 4 aromatic rings. The first-order valence-electron chi connectivity index (χ1n) is 11.4. The van der Waals surface area contributed by atoms with E-state index in [4.69, 9.17) is 11.6 Å². The highest BCUT2D eigenvalue weighted by Gasteiger charge is 2.24. The van der Waals surface area contributed by atoms with Crippen LogP contribution in [0.4, 0.5) is 4.39 Å². The maximum absolute atomic E-state index is 13.4. The first-order chi connectivity index (χ1) is 16.0. The van der Waals surface area contributed by atoms with Crippen LogP contribution < -0.4 is 0 Å². The normalized spacial score (nSPS) is 12.1. The topological polar surface area (TPSA) is 25.2 Å². The summed E-state index contributed by atoms with van der Waals surface area (Å²) in [6, 6.07) is 22.6. The third-order valence-corrected chi connectivity index (χ3v) is 6.44. The van der Waals surface area contributed by atoms with Gasteiger partial charge in [-0.25, -0.2) is 4.39 Å². The van der Waals surface area contributed by atoms with Crippen LogP contribution in [-0.4, -0.2) is 28.5 Å². The number of benzene rings is 3. The molecular weight excluding hydrogens is 435 g/mol. The Morgan fingerprint density at radius 3 is 2.42 bits per heavy atom. The molecule has 0 fully saturated rings. The number of amides is 1. The Morgan fingerprint density at radius 2 is 1.73 bits per heavy atom. The molecule has 33 heavy (non-hydrogen) atoms. The zero-order valence-electron chi connectivity index (χ0n) is 19.0. The molecule has 0 aliphatic rings. The SMILES string of the molecule is CCN(CC)C(=O)CC(c1cccc(Cl)c1)c1cn(Cc2ccc(F)cc2)c2ccccc12. The lowest BCUT2D eigenvalue weighted by atomic mass is 9.88. The van der Waals surface area contributed by atoms with Gasteiger partial charge >= 0.3 is 0 Å². The van der Waals surface area contributed by atoms with E-state index in [9.17, 15) is 9.18 Å². The molecule has 0 saturated carbocycles. The van der Waals surface area contributed by atoms with Gasteiger partial charge in [-0.05, 0) is 60.9 Å². The van der Waals surface area contributed by atoms with Crippen molar-refractivity contribution in [1.29, 1.82) is 0 Å². The van der Waals surface area contributed by atoms with E-state index in [0.29, 0.717) is 31.1 Å². The molecule has 0 N–H and O–H groups in total. The standard InChI is InChI=1S/C28H28ClFN2O/c1-3-31(4-2)28(33)17-25(21-8-7-9-22(29)16-21)26-19-32(27-11-6-5-10-24(26)27)18-20-12-14-23(30)15-13-20/h5-16,19,25H,3-4,17-18H2,1-2H3. The Labute approximate surface area is 199 Å². The molecule has 1 unspecified atom stereocenters. The Morgan fingerprint density at radius 1 is 1.00 bits per heavy atom. The van der Waals surface area contributed by atoms with Crippen LogP contribution >= 0.6 is 11.6 Å². The van der Waals surface area contributed by atoms with Crippen LogP contribution in [0.15, 0.2) is 79.0 Å². The third-order valence-electron chi connectivity index (χ3n) is 6.21. The van der Waals surface area contributed by atoms with Crippen molar-refractivity contribution in [2.45, 2.75) is 32.7 Å². The highest BCUT2D eigenvalue weighted by atomic mass is 35.5. The fourth-order valence-electron chi connectivity index (χ4n) is 4.48. The fraction of sp³-hybridized carbons (Fsp3) is 0.250. The summed E-state index contributed by atoms with van der Waals surface area (Å²) in [6.07, 6.45) is 2.50. The molecule has 1 atom stereocenters. The molecule has 3 nitrogen and oxygen atoms in total. The van der Waals surface area contributed by atoms with Gasteiger partial charge in [-0.15, -0.1) is 0 Å². The van der Waals surface area contributed by atoms with Crippen molar-refractivity contribution in [3.8, 4) is 0 Å². The maximum Gasteiger partial charge on any atom is 0.223 e. The lowest BCUT2D eigenvalue weighted by Gasteiger charge is -2.23. The monoisotopic (exact) mass is 462 g/mol. The smallest absolute Gasteiger partial charge is 0.223 e. The van der Waals surface area contributed by atoms with Gasteiger partial charge in [-0.1, -0.05) is 54.1 Å². The first kappa shape index (κ1) is 23.1. The zero-order valence-corrected chi connectivity index (χ0v) is 19.7. The van der Waals surface area contributed by atoms with Crippen LogP contribution in [0, 0.1) is 5.82 Å². The van der Waals surface area contributed by atoms with Crippen LogP contribution in [0.25, 0.3) is 10.9 Å². The second kappa shape index (κ2) is 10.2. The summed E-state index contributed by atoms with van der Waals surface area (Å²) in [5.74, 6) is -0.246. The van der Waals surface area contributed by atoms with Gasteiger partial charge in [0.05, 0.1) is 0 Å². The number of carbonyl (C=O) groups excluding carboxylic acids is 1. The fourth-order valence-corrected chi connectivity index (χ4v) is 4.68. The van der Waals surface area contributed by atoms with Crippen molar-refractivity contribution in [3.05, 3.63) is 107 Å². The molecule has 4 rings (SSSR count). The Kier molecular flexibility index (Phi) is 7.14. The maximum atomic E-state index is 13.4. The first-order valence-corrected chi connectivity index (χ1v) is 11.7. The van der Waals surface area contributed by atoms with E-state index in [2.05, 4.69) is 22.9 Å². The van der Waals surface area contributed by atoms with E-state index < -0.39 is 0 Å². The van der Waals surface area contributed by atoms with Gasteiger partial charge in [0.25, 0.3) is 0 Å². The highest BCUT2D eigenvalue weighted by molar-refractivity contribution is 6.30. The molecule has 1 heterocycles. The van der Waals surface area contributed by atoms with Gasteiger partial charge < -0.3 is 9.47 Å². The average Bonchev–Trinajstić information content (AvgIpc) is 3.18. The summed E-state index contributed by atoms with van der Waals surface area (Å²) < 4.78 is 15.6. The number of fused-ring (bicyclic) bond motifs is 1. The van der Waals surface area contributed by atoms with Crippen LogP contribution in [0.2, 0.25) is 5.02 Å². The summed E-state index contributed by atoms with van der Waals surface area (Å²) in [7, 11) is 0. The Balaban J connectivity index is 1.80. The number of hydrogen-bond donors (Lipinski definition) is 0. The van der Waals surface area contributed by atoms with Gasteiger partial charge in [0.1, 0.15) is 5.82 Å². The summed E-state index contributed by atoms with van der Waals surface area (Å²) in [5, 5.41) is 1.76. The van der Waals surface area contributed by atoms with E-state index in [-0.39, 0.29) is 17.6 Å². The number of rotatable bonds is 8. The second-order valence-corrected chi connectivity index (χ2v) is 8.67. The van der Waals surface area contributed by atoms with Crippen molar-refractivity contribution in [2.75, 3.05) is 13.1 Å². The van der Waals surface area contributed by atoms with Crippen LogP contribution in [0.5, 0.6) is 0 Å². The molecule has 0 radical (unpaired) electrons. The summed E-state index contributed by atoms with van der Waals surface area (Å²) in [4.78, 5) is 15.0. The van der Waals surface area contributed by atoms with Gasteiger partial charge in [-0.3, -0.25) is 4.79 Å². The van der Waals surface area contributed by atoms with Crippen LogP contribution in [0.1, 0.15) is 42.9 Å². The molecule has 1 aromatic heterocycles. The van der Waals surface area contributed by atoms with Gasteiger partial charge in [0.15, 0.2) is 0 Å². The summed E-state index contributed by atoms with van der Waals surface area (Å²) >= 11 is 6.34. The molecule has 5 heteroatoms. The minimum absolute atomic E-state index is 0.125. The minimum Gasteiger partial charge on any atom is -0.343 e. The lowest BCUT2D eigenvalue weighted by molar-refractivity contribution is -0.131. The molecule has 0 saturated heterocycles. The number of nitrogens with zero attached hydrogens (tertiary/aromatic N) is 2. The minimum atomic E-state index is -0.243. The van der Waals surface area contributed by atoms with Crippen molar-refractivity contribution in [3.63, 3.8) is 0 Å². The van der Waals surface area contributed by atoms with Gasteiger partial charge in [-0.2, -0.15) is 0 Å². The molecule has 0 bridgehead atoms. The Hall–Kier alpha value is -3.11. The van der Waals surface area contributed by atoms with Crippen LogP contribution in [0.3, 0.4) is 0 Å². The molecule has 0 aliphatic carbocycles. The van der Waals surface area contributed by atoms with Gasteiger partial charge in [0, 0.05) is 54.1 Å². The van der Waals surface area contributed by atoms with Crippen molar-refractivity contribution < 1.29 is 9.18 Å². The van der Waals surface area contributed by atoms with E-state index in [1.165, 1.54) is 12.1 Å². The van der Waals surface area contributed by atoms with E-state index in [1.807, 2.05) is 67.3 Å². The summed E-state index contributed by atoms with van der Waals surface area (Å²) in [5.41, 5.74) is 4.21. The molecule has 1 amide bonds. The number of para-hydroxylation sites is 1. The quantitative estimate of drug-likeness (QED) is 0.280. The predicted molar refractivity (Wildman–Crippen MR) is 133 cm³/mol. The largest absolute Gasteiger partial charge is 0.343 e. The van der Waals surface area contributed by atoms with Gasteiger partial charge in [0.2, 0.25) is 5.91 Å². The molecule has 3 aromatic carbocycles. The lowest BCUT2D eigenvalue weighted by Crippen LogP contribution is -2.31. The van der Waals surface area contributed by atoms with E-state index in [0.717, 1.165) is 27.6 Å². The number of halogens is 2. The number of hydrogen-bond acceptors (Lipinski definition) is 1. The van der Waals surface area contributed by atoms with Crippen molar-refractivity contribution in [1.82, 2.24) is 9.47 Å². The van der Waals surface area contributed by atoms with E-state index in [1.54, 1.807) is 0 Å². The average molecular weight is 463 g/mol.